The summed E-state index contributed by atoms with van der Waals surface area (Å²) in [6.45, 7) is 0.482. The van der Waals surface area contributed by atoms with Crippen LogP contribution in [0, 0.1) is 0 Å². The van der Waals surface area contributed by atoms with Crippen molar-refractivity contribution in [3.63, 3.8) is 0 Å². The van der Waals surface area contributed by atoms with Gasteiger partial charge in [-0.05, 0) is 31.2 Å². The molecule has 3 N–H and O–H groups in total. The van der Waals surface area contributed by atoms with Crippen LogP contribution in [0.5, 0.6) is 0 Å². The summed E-state index contributed by atoms with van der Waals surface area (Å²) >= 11 is 0. The van der Waals surface area contributed by atoms with Crippen molar-refractivity contribution in [3.05, 3.63) is 54.4 Å². The highest BCUT2D eigenvalue weighted by atomic mass is 19.4. The van der Waals surface area contributed by atoms with E-state index in [2.05, 4.69) is 0 Å². The number of rotatable bonds is 4. The molecule has 0 aliphatic rings. The van der Waals surface area contributed by atoms with Crippen LogP contribution in [-0.4, -0.2) is 33.3 Å². The van der Waals surface area contributed by atoms with Gasteiger partial charge in [0.05, 0.1) is 17.7 Å². The zero-order chi connectivity index (χ0) is 18.7. The molecule has 134 valence electrons. The minimum Gasteiger partial charge on any atom is -0.380 e. The average molecular weight is 355 g/mol. The molecule has 2 amide bonds. The molecule has 0 aliphatic carbocycles. The van der Waals surface area contributed by atoms with Gasteiger partial charge in [0.15, 0.2) is 5.60 Å². The standard InChI is InChI=1S/C16H16F3N3O3/c1-15(25,16(17,18)19)10-13(23)20-21-14(24)11-6-2-3-7-12(11)22-8-4-5-9-22/h2-9,25H,10H2,1H3,(H,20,23)(H,21,24)/t15-/m0/s1. The van der Waals surface area contributed by atoms with Crippen LogP contribution in [0.2, 0.25) is 0 Å². The predicted molar refractivity (Wildman–Crippen MR) is 82.7 cm³/mol. The molecular weight excluding hydrogens is 339 g/mol. The second-order valence-corrected chi connectivity index (χ2v) is 5.56. The normalized spacial score (nSPS) is 13.8. The molecule has 1 aromatic heterocycles. The fourth-order valence-corrected chi connectivity index (χ4v) is 2.04. The Bertz CT molecular complexity index is 755. The van der Waals surface area contributed by atoms with Crippen molar-refractivity contribution in [2.75, 3.05) is 0 Å². The van der Waals surface area contributed by atoms with Crippen molar-refractivity contribution in [2.45, 2.75) is 25.1 Å². The van der Waals surface area contributed by atoms with E-state index in [0.717, 1.165) is 0 Å². The minimum absolute atomic E-state index is 0.210. The van der Waals surface area contributed by atoms with E-state index in [1.165, 1.54) is 6.07 Å². The van der Waals surface area contributed by atoms with Crippen LogP contribution in [-0.2, 0) is 4.79 Å². The second kappa shape index (κ2) is 6.98. The fraction of sp³-hybridized carbons (Fsp3) is 0.250. The molecule has 2 rings (SSSR count). The Hall–Kier alpha value is -2.81. The van der Waals surface area contributed by atoms with Gasteiger partial charge in [0.1, 0.15) is 0 Å². The molecule has 2 aromatic rings. The lowest BCUT2D eigenvalue weighted by Gasteiger charge is -2.25. The van der Waals surface area contributed by atoms with Gasteiger partial charge >= 0.3 is 6.18 Å². The third kappa shape index (κ3) is 4.38. The molecule has 1 atom stereocenters. The number of halogens is 3. The lowest BCUT2D eigenvalue weighted by molar-refractivity contribution is -0.253. The Morgan fingerprint density at radius 1 is 1.08 bits per heavy atom. The Morgan fingerprint density at radius 2 is 1.68 bits per heavy atom. The molecule has 1 heterocycles. The molecule has 1 aromatic carbocycles. The van der Waals surface area contributed by atoms with Gasteiger partial charge < -0.3 is 9.67 Å². The maximum absolute atomic E-state index is 12.5. The minimum atomic E-state index is -4.96. The third-order valence-electron chi connectivity index (χ3n) is 3.46. The molecule has 25 heavy (non-hydrogen) atoms. The molecule has 0 radical (unpaired) electrons. The average Bonchev–Trinajstić information content (AvgIpc) is 3.05. The van der Waals surface area contributed by atoms with Crippen LogP contribution in [0.3, 0.4) is 0 Å². The number of aliphatic hydroxyl groups is 1. The van der Waals surface area contributed by atoms with Crippen molar-refractivity contribution in [2.24, 2.45) is 0 Å². The van der Waals surface area contributed by atoms with Crippen LogP contribution in [0.4, 0.5) is 13.2 Å². The first-order valence-electron chi connectivity index (χ1n) is 7.22. The number of aromatic nitrogens is 1. The Kier molecular flexibility index (Phi) is 5.17. The lowest BCUT2D eigenvalue weighted by Crippen LogP contribution is -2.49. The molecule has 0 aliphatic heterocycles. The molecule has 0 fully saturated rings. The summed E-state index contributed by atoms with van der Waals surface area (Å²) in [6, 6.07) is 10.0. The van der Waals surface area contributed by atoms with Crippen LogP contribution < -0.4 is 10.9 Å². The lowest BCUT2D eigenvalue weighted by atomic mass is 10.0. The number of alkyl halides is 3. The summed E-state index contributed by atoms with van der Waals surface area (Å²) in [7, 11) is 0. The molecule has 6 nitrogen and oxygen atoms in total. The number of benzene rings is 1. The fourth-order valence-electron chi connectivity index (χ4n) is 2.04. The first-order valence-corrected chi connectivity index (χ1v) is 7.22. The van der Waals surface area contributed by atoms with E-state index in [-0.39, 0.29) is 5.56 Å². The summed E-state index contributed by atoms with van der Waals surface area (Å²) in [5, 5.41) is 9.27. The molecule has 0 saturated carbocycles. The van der Waals surface area contributed by atoms with E-state index in [1.807, 2.05) is 10.9 Å². The summed E-state index contributed by atoms with van der Waals surface area (Å²) in [5.74, 6) is -1.88. The molecule has 0 saturated heterocycles. The van der Waals surface area contributed by atoms with Gasteiger partial charge in [-0.1, -0.05) is 12.1 Å². The number of hydrogen-bond donors (Lipinski definition) is 3. The van der Waals surface area contributed by atoms with Crippen molar-refractivity contribution in [1.29, 1.82) is 0 Å². The Labute approximate surface area is 141 Å². The molecule has 0 unspecified atom stereocenters. The number of nitrogens with one attached hydrogen (secondary N) is 2. The van der Waals surface area contributed by atoms with Gasteiger partial charge in [0.25, 0.3) is 5.91 Å². The predicted octanol–water partition coefficient (Wildman–Crippen LogP) is 1.94. The molecular formula is C16H16F3N3O3. The van der Waals surface area contributed by atoms with Gasteiger partial charge in [-0.25, -0.2) is 0 Å². The van der Waals surface area contributed by atoms with Crippen molar-refractivity contribution < 1.29 is 27.9 Å². The van der Waals surface area contributed by atoms with Crippen molar-refractivity contribution in [3.8, 4) is 5.69 Å². The van der Waals surface area contributed by atoms with E-state index >= 15 is 0 Å². The Balaban J connectivity index is 2.03. The number of amides is 2. The van der Waals surface area contributed by atoms with Crippen LogP contribution in [0.15, 0.2) is 48.8 Å². The number of carbonyl (C=O) groups excluding carboxylic acids is 2. The van der Waals surface area contributed by atoms with Crippen LogP contribution >= 0.6 is 0 Å². The molecule has 9 heteroatoms. The number of para-hydroxylation sites is 1. The highest BCUT2D eigenvalue weighted by molar-refractivity contribution is 5.98. The van der Waals surface area contributed by atoms with Gasteiger partial charge in [-0.3, -0.25) is 20.4 Å². The highest BCUT2D eigenvalue weighted by Crippen LogP contribution is 2.32. The molecule has 0 bridgehead atoms. The monoisotopic (exact) mass is 355 g/mol. The Morgan fingerprint density at radius 3 is 2.28 bits per heavy atom. The van der Waals surface area contributed by atoms with Crippen LogP contribution in [0.1, 0.15) is 23.7 Å². The summed E-state index contributed by atoms with van der Waals surface area (Å²) in [6.07, 6.45) is -2.78. The van der Waals surface area contributed by atoms with Crippen molar-refractivity contribution in [1.82, 2.24) is 15.4 Å². The second-order valence-electron chi connectivity index (χ2n) is 5.56. The van der Waals surface area contributed by atoms with Gasteiger partial charge in [-0.2, -0.15) is 13.2 Å². The SMILES string of the molecule is C[C@](O)(CC(=O)NNC(=O)c1ccccc1-n1cccc1)C(F)(F)F. The number of nitrogens with zero attached hydrogens (tertiary/aromatic N) is 1. The van der Waals surface area contributed by atoms with E-state index in [9.17, 15) is 27.9 Å². The maximum atomic E-state index is 12.5. The van der Waals surface area contributed by atoms with Gasteiger partial charge in [0.2, 0.25) is 5.91 Å². The largest absolute Gasteiger partial charge is 0.417 e. The summed E-state index contributed by atoms with van der Waals surface area (Å²) in [5.41, 5.74) is 1.47. The van der Waals surface area contributed by atoms with Gasteiger partial charge in [-0.15, -0.1) is 0 Å². The topological polar surface area (TPSA) is 83.4 Å². The summed E-state index contributed by atoms with van der Waals surface area (Å²) in [4.78, 5) is 23.8. The van der Waals surface area contributed by atoms with E-state index in [4.69, 9.17) is 0 Å². The summed E-state index contributed by atoms with van der Waals surface area (Å²) < 4.78 is 39.3. The van der Waals surface area contributed by atoms with Crippen LogP contribution in [0.25, 0.3) is 5.69 Å². The zero-order valence-corrected chi connectivity index (χ0v) is 13.2. The quantitative estimate of drug-likeness (QED) is 0.733. The van der Waals surface area contributed by atoms with E-state index < -0.39 is 30.0 Å². The first-order chi connectivity index (χ1) is 11.6. The van der Waals surface area contributed by atoms with E-state index in [0.29, 0.717) is 12.6 Å². The smallest absolute Gasteiger partial charge is 0.380 e. The number of hydrogen-bond acceptors (Lipinski definition) is 3. The molecule has 0 spiro atoms. The van der Waals surface area contributed by atoms with Gasteiger partial charge in [0, 0.05) is 12.4 Å². The van der Waals surface area contributed by atoms with Crippen molar-refractivity contribution >= 4 is 11.8 Å². The number of carbonyl (C=O) groups is 2. The maximum Gasteiger partial charge on any atom is 0.417 e. The third-order valence-corrected chi connectivity index (χ3v) is 3.46. The highest BCUT2D eigenvalue weighted by Gasteiger charge is 2.51. The zero-order valence-electron chi connectivity index (χ0n) is 13.2. The first kappa shape index (κ1) is 18.5. The number of hydrazine groups is 1. The van der Waals surface area contributed by atoms with E-state index in [1.54, 1.807) is 47.3 Å².